The van der Waals surface area contributed by atoms with Crippen LogP contribution in [0, 0.1) is 0 Å². The van der Waals surface area contributed by atoms with Gasteiger partial charge in [0.2, 0.25) is 0 Å². The second-order valence-electron chi connectivity index (χ2n) is 4.91. The summed E-state index contributed by atoms with van der Waals surface area (Å²) in [5.41, 5.74) is 0.717. The molecule has 0 saturated heterocycles. The highest BCUT2D eigenvalue weighted by atomic mass is 32.2. The van der Waals surface area contributed by atoms with Crippen molar-refractivity contribution < 1.29 is 18.6 Å². The first-order chi connectivity index (χ1) is 9.87. The highest BCUT2D eigenvalue weighted by Crippen LogP contribution is 2.27. The Labute approximate surface area is 124 Å². The van der Waals surface area contributed by atoms with E-state index in [-0.39, 0.29) is 10.6 Å². The van der Waals surface area contributed by atoms with Crippen LogP contribution in [0.5, 0.6) is 0 Å². The van der Waals surface area contributed by atoms with E-state index in [1.165, 1.54) is 31.3 Å². The fourth-order valence-electron chi connectivity index (χ4n) is 2.12. The third-order valence-corrected chi connectivity index (χ3v) is 5.04. The number of aliphatic hydroxyl groups excluding tert-OH is 2. The van der Waals surface area contributed by atoms with Gasteiger partial charge in [-0.25, -0.2) is 12.4 Å². The minimum atomic E-state index is -3.79. The van der Waals surface area contributed by atoms with E-state index in [0.29, 0.717) is 12.0 Å². The van der Waals surface area contributed by atoms with E-state index in [0.717, 1.165) is 3.97 Å². The average molecular weight is 309 g/mol. The molecule has 5 nitrogen and oxygen atoms in total. The first-order valence-electron chi connectivity index (χ1n) is 6.76. The van der Waals surface area contributed by atoms with E-state index in [1.54, 1.807) is 25.1 Å². The number of aromatic nitrogens is 1. The molecule has 0 aliphatic heterocycles. The first kappa shape index (κ1) is 15.8. The van der Waals surface area contributed by atoms with Gasteiger partial charge in [-0.3, -0.25) is 0 Å². The zero-order valence-electron chi connectivity index (χ0n) is 12.0. The van der Waals surface area contributed by atoms with Gasteiger partial charge in [0, 0.05) is 6.20 Å². The number of hydrogen-bond acceptors (Lipinski definition) is 4. The molecule has 6 heteroatoms. The largest absolute Gasteiger partial charge is 0.388 e. The highest BCUT2D eigenvalue weighted by molar-refractivity contribution is 7.90. The van der Waals surface area contributed by atoms with Crippen LogP contribution in [0.2, 0.25) is 0 Å². The molecule has 0 amide bonds. The Morgan fingerprint density at radius 1 is 1.19 bits per heavy atom. The summed E-state index contributed by atoms with van der Waals surface area (Å²) in [6.45, 7) is 3.30. The summed E-state index contributed by atoms with van der Waals surface area (Å²) in [4.78, 5) is 0.139. The molecule has 2 aromatic rings. The summed E-state index contributed by atoms with van der Waals surface area (Å²) in [5.74, 6) is 0. The monoisotopic (exact) mass is 309 g/mol. The summed E-state index contributed by atoms with van der Waals surface area (Å²) in [5, 5.41) is 19.7. The van der Waals surface area contributed by atoms with Crippen molar-refractivity contribution in [2.75, 3.05) is 0 Å². The molecular weight excluding hydrogens is 290 g/mol. The van der Waals surface area contributed by atoms with E-state index in [4.69, 9.17) is 0 Å². The van der Waals surface area contributed by atoms with Crippen LogP contribution in [0.1, 0.15) is 43.7 Å². The molecule has 1 aromatic carbocycles. The molecule has 1 heterocycles. The zero-order chi connectivity index (χ0) is 15.6. The predicted molar refractivity (Wildman–Crippen MR) is 79.3 cm³/mol. The van der Waals surface area contributed by atoms with Crippen molar-refractivity contribution in [3.8, 4) is 0 Å². The van der Waals surface area contributed by atoms with Crippen molar-refractivity contribution in [2.45, 2.75) is 37.4 Å². The van der Waals surface area contributed by atoms with Crippen molar-refractivity contribution in [1.82, 2.24) is 3.97 Å². The van der Waals surface area contributed by atoms with Crippen LogP contribution >= 0.6 is 0 Å². The van der Waals surface area contributed by atoms with E-state index in [1.807, 2.05) is 0 Å². The number of benzene rings is 1. The molecular formula is C15H19NO4S. The first-order valence-corrected chi connectivity index (χ1v) is 8.21. The minimum Gasteiger partial charge on any atom is -0.388 e. The van der Waals surface area contributed by atoms with Gasteiger partial charge in [-0.05, 0) is 37.1 Å². The summed E-state index contributed by atoms with van der Waals surface area (Å²) in [7, 11) is -3.79. The Bertz CT molecular complexity index is 705. The Kier molecular flexibility index (Phi) is 4.51. The maximum Gasteiger partial charge on any atom is 0.267 e. The van der Waals surface area contributed by atoms with Gasteiger partial charge < -0.3 is 10.2 Å². The maximum atomic E-state index is 12.7. The average Bonchev–Trinajstić information content (AvgIpc) is 2.93. The summed E-state index contributed by atoms with van der Waals surface area (Å²) >= 11 is 0. The molecule has 2 atom stereocenters. The number of hydrogen-bond donors (Lipinski definition) is 2. The zero-order valence-corrected chi connectivity index (χ0v) is 12.8. The molecule has 0 aliphatic rings. The van der Waals surface area contributed by atoms with Crippen molar-refractivity contribution in [3.63, 3.8) is 0 Å². The van der Waals surface area contributed by atoms with Crippen molar-refractivity contribution in [3.05, 3.63) is 53.9 Å². The second kappa shape index (κ2) is 6.01. The van der Waals surface area contributed by atoms with Gasteiger partial charge in [-0.15, -0.1) is 0 Å². The molecule has 1 aromatic heterocycles. The van der Waals surface area contributed by atoms with Gasteiger partial charge in [0.15, 0.2) is 0 Å². The van der Waals surface area contributed by atoms with Gasteiger partial charge in [-0.2, -0.15) is 0 Å². The maximum absolute atomic E-state index is 12.7. The Morgan fingerprint density at radius 2 is 1.81 bits per heavy atom. The Hall–Kier alpha value is -1.63. The lowest BCUT2D eigenvalue weighted by Gasteiger charge is -2.11. The lowest BCUT2D eigenvalue weighted by Crippen LogP contribution is -2.16. The fourth-order valence-corrected chi connectivity index (χ4v) is 3.59. The third-order valence-electron chi connectivity index (χ3n) is 3.33. The van der Waals surface area contributed by atoms with Gasteiger partial charge in [0.05, 0.1) is 22.8 Å². The number of rotatable bonds is 5. The van der Waals surface area contributed by atoms with Crippen molar-refractivity contribution in [1.29, 1.82) is 0 Å². The number of aliphatic hydroxyl groups is 2. The van der Waals surface area contributed by atoms with Crippen molar-refractivity contribution in [2.24, 2.45) is 0 Å². The van der Waals surface area contributed by atoms with Gasteiger partial charge in [-0.1, -0.05) is 25.1 Å². The van der Waals surface area contributed by atoms with Crippen LogP contribution in [-0.2, 0) is 10.0 Å². The Balaban J connectivity index is 2.60. The lowest BCUT2D eigenvalue weighted by atomic mass is 10.1. The topological polar surface area (TPSA) is 79.5 Å². The molecule has 2 rings (SSSR count). The van der Waals surface area contributed by atoms with Gasteiger partial charge in [0.1, 0.15) is 0 Å². The highest BCUT2D eigenvalue weighted by Gasteiger charge is 2.24. The van der Waals surface area contributed by atoms with Crippen LogP contribution in [0.4, 0.5) is 0 Å². The molecule has 0 fully saturated rings. The molecule has 21 heavy (non-hydrogen) atoms. The van der Waals surface area contributed by atoms with E-state index in [9.17, 15) is 18.6 Å². The van der Waals surface area contributed by atoms with Crippen LogP contribution < -0.4 is 0 Å². The molecule has 2 N–H and O–H groups in total. The molecule has 0 aliphatic carbocycles. The van der Waals surface area contributed by atoms with Gasteiger partial charge in [0.25, 0.3) is 10.0 Å². The standard InChI is InChI=1S/C15H19NO4S/c1-3-15(18)12-9-14(11(2)17)16(10-12)21(19,20)13-7-5-4-6-8-13/h4-11,15,17-18H,3H2,1-2H3. The van der Waals surface area contributed by atoms with Crippen LogP contribution in [0.25, 0.3) is 0 Å². The summed E-state index contributed by atoms with van der Waals surface area (Å²) in [6.07, 6.45) is 0.128. The number of nitrogens with zero attached hydrogens (tertiary/aromatic N) is 1. The molecule has 0 radical (unpaired) electrons. The molecule has 0 bridgehead atoms. The van der Waals surface area contributed by atoms with Crippen LogP contribution in [0.15, 0.2) is 47.5 Å². The molecule has 0 spiro atoms. The normalized spacial score (nSPS) is 14.9. The third kappa shape index (κ3) is 3.02. The lowest BCUT2D eigenvalue weighted by molar-refractivity contribution is 0.173. The quantitative estimate of drug-likeness (QED) is 0.887. The van der Waals surface area contributed by atoms with Gasteiger partial charge >= 0.3 is 0 Å². The smallest absolute Gasteiger partial charge is 0.267 e. The predicted octanol–water partition coefficient (Wildman–Crippen LogP) is 2.22. The summed E-state index contributed by atoms with van der Waals surface area (Å²) in [6, 6.07) is 9.53. The summed E-state index contributed by atoms with van der Waals surface area (Å²) < 4.78 is 26.3. The van der Waals surface area contributed by atoms with Crippen LogP contribution in [0.3, 0.4) is 0 Å². The Morgan fingerprint density at radius 3 is 2.33 bits per heavy atom. The van der Waals surface area contributed by atoms with E-state index >= 15 is 0 Å². The second-order valence-corrected chi connectivity index (χ2v) is 6.73. The molecule has 0 saturated carbocycles. The fraction of sp³-hybridized carbons (Fsp3) is 0.333. The minimum absolute atomic E-state index is 0.139. The van der Waals surface area contributed by atoms with E-state index < -0.39 is 22.2 Å². The molecule has 114 valence electrons. The van der Waals surface area contributed by atoms with Crippen molar-refractivity contribution >= 4 is 10.0 Å². The molecule has 2 unspecified atom stereocenters. The van der Waals surface area contributed by atoms with Crippen LogP contribution in [-0.4, -0.2) is 22.6 Å². The SMILES string of the molecule is CCC(O)c1cc(C(C)O)n(S(=O)(=O)c2ccccc2)c1. The van der Waals surface area contributed by atoms with E-state index in [2.05, 4.69) is 0 Å².